The summed E-state index contributed by atoms with van der Waals surface area (Å²) in [5, 5.41) is 12.2. The number of fused-ring (bicyclic) bond motifs is 1. The molecule has 0 bridgehead atoms. The molecule has 1 saturated carbocycles. The topological polar surface area (TPSA) is 69.6 Å². The minimum absolute atomic E-state index is 0.0203. The Bertz CT molecular complexity index is 564. The zero-order valence-electron chi connectivity index (χ0n) is 10.8. The van der Waals surface area contributed by atoms with Gasteiger partial charge in [0, 0.05) is 13.6 Å². The Morgan fingerprint density at radius 1 is 1.42 bits per heavy atom. The predicted molar refractivity (Wildman–Crippen MR) is 71.6 cm³/mol. The van der Waals surface area contributed by atoms with E-state index in [0.29, 0.717) is 17.9 Å². The van der Waals surface area contributed by atoms with E-state index in [0.717, 1.165) is 19.3 Å². The molecule has 5 heteroatoms. The third-order valence-corrected chi connectivity index (χ3v) is 4.23. The van der Waals surface area contributed by atoms with Crippen molar-refractivity contribution in [2.45, 2.75) is 19.3 Å². The van der Waals surface area contributed by atoms with Gasteiger partial charge in [0.2, 0.25) is 5.91 Å². The van der Waals surface area contributed by atoms with E-state index in [2.05, 4.69) is 5.32 Å². The maximum atomic E-state index is 12.3. The zero-order chi connectivity index (χ0) is 13.6. The van der Waals surface area contributed by atoms with Gasteiger partial charge in [-0.25, -0.2) is 4.79 Å². The molecule has 2 aliphatic rings. The molecular formula is C14H16N2O3. The first kappa shape index (κ1) is 12.0. The summed E-state index contributed by atoms with van der Waals surface area (Å²) in [5.41, 5.74) is 1.09. The van der Waals surface area contributed by atoms with Gasteiger partial charge in [-0.2, -0.15) is 0 Å². The van der Waals surface area contributed by atoms with Crippen molar-refractivity contribution in [2.24, 2.45) is 5.41 Å². The Morgan fingerprint density at radius 3 is 2.74 bits per heavy atom. The molecule has 1 spiro atoms. The first-order valence-electron chi connectivity index (χ1n) is 6.42. The second-order valence-electron chi connectivity index (χ2n) is 5.45. The molecule has 2 N–H and O–H groups in total. The van der Waals surface area contributed by atoms with E-state index in [-0.39, 0.29) is 16.9 Å². The van der Waals surface area contributed by atoms with Crippen LogP contribution in [0, 0.1) is 5.41 Å². The van der Waals surface area contributed by atoms with Gasteiger partial charge in [-0.05, 0) is 25.0 Å². The van der Waals surface area contributed by atoms with E-state index in [9.17, 15) is 14.7 Å². The Morgan fingerprint density at radius 2 is 2.16 bits per heavy atom. The minimum atomic E-state index is -0.970. The van der Waals surface area contributed by atoms with Crippen molar-refractivity contribution in [1.82, 2.24) is 0 Å². The standard InChI is InChI=1S/C14H16N2O3/c1-16-8-14(6-3-7-14)13(19)15-10-5-2-4-9(11(10)16)12(17)18/h2,4-5H,3,6-8H2,1H3,(H,15,19)(H,17,18). The number of para-hydroxylation sites is 1. The van der Waals surface area contributed by atoms with Crippen LogP contribution < -0.4 is 10.2 Å². The fourth-order valence-corrected chi connectivity index (χ4v) is 3.08. The lowest BCUT2D eigenvalue weighted by Gasteiger charge is -2.41. The zero-order valence-corrected chi connectivity index (χ0v) is 10.8. The van der Waals surface area contributed by atoms with E-state index in [1.807, 2.05) is 11.9 Å². The van der Waals surface area contributed by atoms with E-state index in [4.69, 9.17) is 0 Å². The highest BCUT2D eigenvalue weighted by atomic mass is 16.4. The number of carbonyl (C=O) groups excluding carboxylic acids is 1. The summed E-state index contributed by atoms with van der Waals surface area (Å²) >= 11 is 0. The van der Waals surface area contributed by atoms with Crippen LogP contribution in [-0.4, -0.2) is 30.6 Å². The molecule has 1 fully saturated rings. The Hall–Kier alpha value is -2.04. The van der Waals surface area contributed by atoms with Crippen molar-refractivity contribution in [3.63, 3.8) is 0 Å². The highest BCUT2D eigenvalue weighted by molar-refractivity contribution is 6.05. The first-order chi connectivity index (χ1) is 9.03. The monoisotopic (exact) mass is 260 g/mol. The van der Waals surface area contributed by atoms with Gasteiger partial charge in [0.25, 0.3) is 0 Å². The fraction of sp³-hybridized carbons (Fsp3) is 0.429. The number of aromatic carboxylic acids is 1. The second-order valence-corrected chi connectivity index (χ2v) is 5.45. The van der Waals surface area contributed by atoms with Crippen LogP contribution in [0.5, 0.6) is 0 Å². The number of hydrogen-bond donors (Lipinski definition) is 2. The van der Waals surface area contributed by atoms with Gasteiger partial charge in [-0.1, -0.05) is 12.5 Å². The summed E-state index contributed by atoms with van der Waals surface area (Å²) in [5.74, 6) is -0.950. The van der Waals surface area contributed by atoms with Gasteiger partial charge in [0.05, 0.1) is 22.4 Å². The molecule has 19 heavy (non-hydrogen) atoms. The summed E-state index contributed by atoms with van der Waals surface area (Å²) < 4.78 is 0. The van der Waals surface area contributed by atoms with Crippen LogP contribution in [0.2, 0.25) is 0 Å². The molecule has 0 unspecified atom stereocenters. The highest BCUT2D eigenvalue weighted by Crippen LogP contribution is 2.46. The number of amides is 1. The van der Waals surface area contributed by atoms with Crippen LogP contribution in [0.4, 0.5) is 11.4 Å². The van der Waals surface area contributed by atoms with Crippen LogP contribution in [-0.2, 0) is 4.79 Å². The minimum Gasteiger partial charge on any atom is -0.478 e. The largest absolute Gasteiger partial charge is 0.478 e. The van der Waals surface area contributed by atoms with E-state index >= 15 is 0 Å². The molecule has 0 aromatic heterocycles. The average Bonchev–Trinajstić information content (AvgIpc) is 2.43. The first-order valence-corrected chi connectivity index (χ1v) is 6.42. The molecule has 0 atom stereocenters. The van der Waals surface area contributed by atoms with Crippen molar-refractivity contribution in [3.05, 3.63) is 23.8 Å². The number of hydrogen-bond acceptors (Lipinski definition) is 3. The van der Waals surface area contributed by atoms with Crippen molar-refractivity contribution in [2.75, 3.05) is 23.8 Å². The molecule has 5 nitrogen and oxygen atoms in total. The maximum absolute atomic E-state index is 12.3. The number of anilines is 2. The highest BCUT2D eigenvalue weighted by Gasteiger charge is 2.47. The van der Waals surface area contributed by atoms with Gasteiger partial charge < -0.3 is 15.3 Å². The summed E-state index contributed by atoms with van der Waals surface area (Å²) in [7, 11) is 1.85. The average molecular weight is 260 g/mol. The van der Waals surface area contributed by atoms with Gasteiger partial charge in [-0.15, -0.1) is 0 Å². The molecule has 0 radical (unpaired) electrons. The molecule has 1 amide bonds. The number of carbonyl (C=O) groups is 2. The molecule has 3 rings (SSSR count). The number of nitrogens with zero attached hydrogens (tertiary/aromatic N) is 1. The van der Waals surface area contributed by atoms with E-state index in [1.54, 1.807) is 18.2 Å². The van der Waals surface area contributed by atoms with Gasteiger partial charge in [0.1, 0.15) is 0 Å². The van der Waals surface area contributed by atoms with Crippen molar-refractivity contribution in [3.8, 4) is 0 Å². The van der Waals surface area contributed by atoms with Crippen LogP contribution in [0.15, 0.2) is 18.2 Å². The van der Waals surface area contributed by atoms with Gasteiger partial charge >= 0.3 is 5.97 Å². The molecule has 0 saturated heterocycles. The summed E-state index contributed by atoms with van der Waals surface area (Å²) in [6.07, 6.45) is 2.81. The van der Waals surface area contributed by atoms with Crippen molar-refractivity contribution >= 4 is 23.3 Å². The van der Waals surface area contributed by atoms with Crippen LogP contribution in [0.25, 0.3) is 0 Å². The van der Waals surface area contributed by atoms with E-state index < -0.39 is 5.97 Å². The molecule has 1 aromatic rings. The molecular weight excluding hydrogens is 244 g/mol. The normalized spacial score (nSPS) is 20.3. The molecule has 1 aliphatic heterocycles. The number of benzene rings is 1. The van der Waals surface area contributed by atoms with Crippen molar-refractivity contribution in [1.29, 1.82) is 0 Å². The van der Waals surface area contributed by atoms with Gasteiger partial charge in [0.15, 0.2) is 0 Å². The Kier molecular flexibility index (Phi) is 2.52. The lowest BCUT2D eigenvalue weighted by Crippen LogP contribution is -2.47. The second kappa shape index (κ2) is 3.98. The SMILES string of the molecule is CN1CC2(CCC2)C(=O)Nc2cccc(C(=O)O)c21. The van der Waals surface area contributed by atoms with Gasteiger partial charge in [-0.3, -0.25) is 4.79 Å². The van der Waals surface area contributed by atoms with E-state index in [1.165, 1.54) is 0 Å². The third kappa shape index (κ3) is 1.69. The fourth-order valence-electron chi connectivity index (χ4n) is 3.08. The smallest absolute Gasteiger partial charge is 0.337 e. The molecule has 100 valence electrons. The third-order valence-electron chi connectivity index (χ3n) is 4.23. The molecule has 1 heterocycles. The van der Waals surface area contributed by atoms with Crippen LogP contribution in [0.1, 0.15) is 29.6 Å². The number of carboxylic acid groups (broad SMARTS) is 1. The number of carboxylic acids is 1. The molecule has 1 aromatic carbocycles. The van der Waals surface area contributed by atoms with Crippen LogP contribution >= 0.6 is 0 Å². The van der Waals surface area contributed by atoms with Crippen molar-refractivity contribution < 1.29 is 14.7 Å². The predicted octanol–water partition coefficient (Wildman–Crippen LogP) is 1.94. The summed E-state index contributed by atoms with van der Waals surface area (Å²) in [6, 6.07) is 4.99. The quantitative estimate of drug-likeness (QED) is 0.809. The maximum Gasteiger partial charge on any atom is 0.337 e. The lowest BCUT2D eigenvalue weighted by atomic mass is 9.68. The summed E-state index contributed by atoms with van der Waals surface area (Å²) in [4.78, 5) is 25.5. The number of rotatable bonds is 1. The molecule has 1 aliphatic carbocycles. The number of nitrogens with one attached hydrogen (secondary N) is 1. The summed E-state index contributed by atoms with van der Waals surface area (Å²) in [6.45, 7) is 0.579. The van der Waals surface area contributed by atoms with Crippen LogP contribution in [0.3, 0.4) is 0 Å². The Labute approximate surface area is 111 Å². The Balaban J connectivity index is 2.10. The lowest BCUT2D eigenvalue weighted by molar-refractivity contribution is -0.129.